The lowest BCUT2D eigenvalue weighted by Gasteiger charge is -2.09. The maximum atomic E-state index is 5.34. The van der Waals surface area contributed by atoms with Crippen LogP contribution in [0.5, 0.6) is 0 Å². The fourth-order valence-electron chi connectivity index (χ4n) is 1.92. The van der Waals surface area contributed by atoms with E-state index in [9.17, 15) is 0 Å². The average Bonchev–Trinajstić information content (AvgIpc) is 2.97. The fourth-order valence-corrected chi connectivity index (χ4v) is 3.40. The largest absolute Gasteiger partial charge is 0.382 e. The van der Waals surface area contributed by atoms with Gasteiger partial charge < -0.3 is 14.6 Å². The van der Waals surface area contributed by atoms with Crippen molar-refractivity contribution in [1.29, 1.82) is 0 Å². The highest BCUT2D eigenvalue weighted by molar-refractivity contribution is 9.10. The van der Waals surface area contributed by atoms with Gasteiger partial charge >= 0.3 is 0 Å². The number of rotatable bonds is 8. The highest BCUT2D eigenvalue weighted by Gasteiger charge is 2.08. The Balaban J connectivity index is 1.94. The van der Waals surface area contributed by atoms with Crippen LogP contribution in [0.1, 0.15) is 23.9 Å². The van der Waals surface area contributed by atoms with Gasteiger partial charge in [-0.25, -0.2) is 4.98 Å². The molecule has 20 heavy (non-hydrogen) atoms. The third-order valence-electron chi connectivity index (χ3n) is 2.85. The summed E-state index contributed by atoms with van der Waals surface area (Å²) in [6.45, 7) is 7.32. The first-order valence-corrected chi connectivity index (χ1v) is 8.45. The third kappa shape index (κ3) is 4.33. The number of hydrogen-bond donors (Lipinski definition) is 1. The molecule has 0 bridgehead atoms. The van der Waals surface area contributed by atoms with Crippen molar-refractivity contribution in [2.45, 2.75) is 26.8 Å². The van der Waals surface area contributed by atoms with E-state index in [0.29, 0.717) is 0 Å². The van der Waals surface area contributed by atoms with Crippen molar-refractivity contribution < 1.29 is 4.74 Å². The predicted molar refractivity (Wildman–Crippen MR) is 87.7 cm³/mol. The Morgan fingerprint density at radius 3 is 3.05 bits per heavy atom. The average molecular weight is 358 g/mol. The van der Waals surface area contributed by atoms with Crippen LogP contribution in [0.4, 0.5) is 5.95 Å². The van der Waals surface area contributed by atoms with Crippen molar-refractivity contribution in [3.63, 3.8) is 0 Å². The van der Waals surface area contributed by atoms with Crippen LogP contribution in [-0.2, 0) is 11.3 Å². The van der Waals surface area contributed by atoms with Gasteiger partial charge in [-0.3, -0.25) is 0 Å². The Bertz CT molecular complexity index is 538. The van der Waals surface area contributed by atoms with Crippen molar-refractivity contribution in [3.8, 4) is 0 Å². The number of aryl methyl sites for hydroxylation is 1. The molecule has 2 rings (SSSR count). The first kappa shape index (κ1) is 15.5. The second-order valence-corrected chi connectivity index (χ2v) is 6.36. The van der Waals surface area contributed by atoms with Crippen molar-refractivity contribution in [1.82, 2.24) is 9.55 Å². The van der Waals surface area contributed by atoms with Gasteiger partial charge in [-0.15, -0.1) is 11.3 Å². The lowest BCUT2D eigenvalue weighted by atomic mass is 10.4. The molecule has 0 aliphatic carbocycles. The van der Waals surface area contributed by atoms with E-state index in [1.165, 1.54) is 4.88 Å². The highest BCUT2D eigenvalue weighted by atomic mass is 79.9. The molecule has 0 unspecified atom stereocenters. The molecule has 6 heteroatoms. The fraction of sp³-hybridized carbons (Fsp3) is 0.500. The van der Waals surface area contributed by atoms with Crippen LogP contribution in [-0.4, -0.2) is 29.3 Å². The number of imidazole rings is 1. The number of nitrogens with one attached hydrogen (secondary N) is 1. The summed E-state index contributed by atoms with van der Waals surface area (Å²) in [6.07, 6.45) is 3.07. The number of nitrogens with zero attached hydrogens (tertiary/aromatic N) is 2. The number of aromatic nitrogens is 2. The summed E-state index contributed by atoms with van der Waals surface area (Å²) < 4.78 is 8.66. The van der Waals surface area contributed by atoms with Gasteiger partial charge in [0.2, 0.25) is 5.95 Å². The van der Waals surface area contributed by atoms with Gasteiger partial charge in [-0.05, 0) is 47.6 Å². The molecule has 1 N–H and O–H groups in total. The summed E-state index contributed by atoms with van der Waals surface area (Å²) in [5.41, 5.74) is 1.03. The minimum atomic E-state index is 0.778. The smallest absolute Gasteiger partial charge is 0.203 e. The van der Waals surface area contributed by atoms with Crippen molar-refractivity contribution in [3.05, 3.63) is 32.7 Å². The second-order valence-electron chi connectivity index (χ2n) is 4.50. The van der Waals surface area contributed by atoms with Gasteiger partial charge in [0.05, 0.1) is 12.2 Å². The van der Waals surface area contributed by atoms with Crippen molar-refractivity contribution in [2.75, 3.05) is 25.1 Å². The molecule has 0 aliphatic rings. The summed E-state index contributed by atoms with van der Waals surface area (Å²) in [7, 11) is 0. The van der Waals surface area contributed by atoms with E-state index in [0.717, 1.165) is 48.8 Å². The van der Waals surface area contributed by atoms with Gasteiger partial charge in [-0.1, -0.05) is 0 Å². The third-order valence-corrected chi connectivity index (χ3v) is 4.77. The molecule has 2 aromatic rings. The zero-order valence-electron chi connectivity index (χ0n) is 11.9. The standard InChI is InChI=1S/C14H20BrN3OS/c1-3-19-7-4-6-16-14-17-11(2)9-18(14)10-13-12(15)5-8-20-13/h5,8-9H,3-4,6-7,10H2,1-2H3,(H,16,17). The highest BCUT2D eigenvalue weighted by Crippen LogP contribution is 2.24. The monoisotopic (exact) mass is 357 g/mol. The van der Waals surface area contributed by atoms with Crippen LogP contribution >= 0.6 is 27.3 Å². The predicted octanol–water partition coefficient (Wildman–Crippen LogP) is 3.90. The quantitative estimate of drug-likeness (QED) is 0.728. The zero-order valence-corrected chi connectivity index (χ0v) is 14.3. The van der Waals surface area contributed by atoms with E-state index in [-0.39, 0.29) is 0 Å². The van der Waals surface area contributed by atoms with Gasteiger partial charge in [0.15, 0.2) is 0 Å². The molecule has 0 radical (unpaired) electrons. The minimum absolute atomic E-state index is 0.778. The van der Waals surface area contributed by atoms with Crippen LogP contribution in [0.25, 0.3) is 0 Å². The molecule has 0 saturated carbocycles. The Kier molecular flexibility index (Phi) is 6.06. The van der Waals surface area contributed by atoms with Crippen LogP contribution < -0.4 is 5.32 Å². The summed E-state index contributed by atoms with van der Waals surface area (Å²) in [5.74, 6) is 0.930. The molecule has 0 aromatic carbocycles. The molecule has 0 spiro atoms. The molecular formula is C14H20BrN3OS. The Morgan fingerprint density at radius 1 is 1.50 bits per heavy atom. The van der Waals surface area contributed by atoms with E-state index in [1.807, 2.05) is 13.8 Å². The lowest BCUT2D eigenvalue weighted by molar-refractivity contribution is 0.147. The Labute approximate surface area is 132 Å². The minimum Gasteiger partial charge on any atom is -0.382 e. The molecule has 0 amide bonds. The van der Waals surface area contributed by atoms with Gasteiger partial charge in [0.25, 0.3) is 0 Å². The van der Waals surface area contributed by atoms with Gasteiger partial charge in [0.1, 0.15) is 0 Å². The maximum Gasteiger partial charge on any atom is 0.203 e. The topological polar surface area (TPSA) is 39.1 Å². The molecule has 4 nitrogen and oxygen atoms in total. The number of anilines is 1. The lowest BCUT2D eigenvalue weighted by Crippen LogP contribution is -2.11. The summed E-state index contributed by atoms with van der Waals surface area (Å²) in [4.78, 5) is 5.84. The Hall–Kier alpha value is -0.850. The molecule has 0 atom stereocenters. The van der Waals surface area contributed by atoms with Gasteiger partial charge in [-0.2, -0.15) is 0 Å². The molecule has 0 aliphatic heterocycles. The maximum absolute atomic E-state index is 5.34. The zero-order chi connectivity index (χ0) is 14.4. The second kappa shape index (κ2) is 7.81. The number of thiophene rings is 1. The van der Waals surface area contributed by atoms with Gasteiger partial charge in [0, 0.05) is 35.3 Å². The summed E-state index contributed by atoms with van der Waals surface area (Å²) in [5, 5.41) is 5.48. The molecule has 2 heterocycles. The SMILES string of the molecule is CCOCCCNc1nc(C)cn1Cc1sccc1Br. The molecule has 110 valence electrons. The van der Waals surface area contributed by atoms with E-state index < -0.39 is 0 Å². The number of ether oxygens (including phenoxy) is 1. The Morgan fingerprint density at radius 2 is 2.35 bits per heavy atom. The number of halogens is 1. The summed E-state index contributed by atoms with van der Waals surface area (Å²) in [6, 6.07) is 2.08. The van der Waals surface area contributed by atoms with E-state index in [4.69, 9.17) is 4.74 Å². The number of hydrogen-bond acceptors (Lipinski definition) is 4. The first-order valence-electron chi connectivity index (χ1n) is 6.78. The van der Waals surface area contributed by atoms with Crippen LogP contribution in [0, 0.1) is 6.92 Å². The van der Waals surface area contributed by atoms with E-state index in [1.54, 1.807) is 11.3 Å². The van der Waals surface area contributed by atoms with Crippen LogP contribution in [0.3, 0.4) is 0 Å². The van der Waals surface area contributed by atoms with Crippen LogP contribution in [0.15, 0.2) is 22.1 Å². The molecule has 0 fully saturated rings. The normalized spacial score (nSPS) is 10.9. The van der Waals surface area contributed by atoms with E-state index >= 15 is 0 Å². The summed E-state index contributed by atoms with van der Waals surface area (Å²) >= 11 is 5.33. The van der Waals surface area contributed by atoms with Crippen molar-refractivity contribution >= 4 is 33.2 Å². The molecule has 0 saturated heterocycles. The van der Waals surface area contributed by atoms with E-state index in [2.05, 4.69) is 48.4 Å². The van der Waals surface area contributed by atoms with Crippen molar-refractivity contribution in [2.24, 2.45) is 0 Å². The molecule has 2 aromatic heterocycles. The van der Waals surface area contributed by atoms with Crippen LogP contribution in [0.2, 0.25) is 0 Å². The first-order chi connectivity index (χ1) is 9.70. The molecular weight excluding hydrogens is 338 g/mol.